The highest BCUT2D eigenvalue weighted by Crippen LogP contribution is 2.36. The van der Waals surface area contributed by atoms with Gasteiger partial charge >= 0.3 is 12.2 Å². The number of hydrogen-bond acceptors (Lipinski definition) is 8. The van der Waals surface area contributed by atoms with E-state index < -0.39 is 12.0 Å². The third-order valence-corrected chi connectivity index (χ3v) is 6.38. The lowest BCUT2D eigenvalue weighted by atomic mass is 10.2. The lowest BCUT2D eigenvalue weighted by Gasteiger charge is -2.29. The molecule has 1 aliphatic rings. The molecule has 0 saturated heterocycles. The Morgan fingerprint density at radius 3 is 2.64 bits per heavy atom. The average molecular weight is 476 g/mol. The molecule has 5 rings (SSSR count). The fourth-order valence-electron chi connectivity index (χ4n) is 3.78. The molecule has 4 aromatic rings. The van der Waals surface area contributed by atoms with E-state index in [0.717, 1.165) is 32.5 Å². The van der Waals surface area contributed by atoms with Crippen molar-refractivity contribution in [1.29, 1.82) is 0 Å². The standard InChI is InChI=1S/C21H20F3N7OS/c1-2-3-14-10-15-17(30-8-9-31-16(11-30)28-29-19(31)21(22,23)24)26-20(27-18(15)33-14)32-13-6-4-12(25)5-7-13/h4-7,10H,2-3,8-9,11,25H2,1H3. The maximum atomic E-state index is 13.2. The molecule has 1 aliphatic heterocycles. The Labute approximate surface area is 190 Å². The first-order chi connectivity index (χ1) is 15.8. The molecule has 2 N–H and O–H groups in total. The lowest BCUT2D eigenvalue weighted by molar-refractivity contribution is -0.147. The van der Waals surface area contributed by atoms with E-state index in [1.165, 1.54) is 0 Å². The maximum Gasteiger partial charge on any atom is 0.451 e. The summed E-state index contributed by atoms with van der Waals surface area (Å²) in [4.78, 5) is 13.0. The van der Waals surface area contributed by atoms with Crippen molar-refractivity contribution in [2.45, 2.75) is 39.0 Å². The van der Waals surface area contributed by atoms with Gasteiger partial charge in [-0.1, -0.05) is 13.3 Å². The lowest BCUT2D eigenvalue weighted by Crippen LogP contribution is -2.36. The van der Waals surface area contributed by atoms with Gasteiger partial charge in [0.2, 0.25) is 5.82 Å². The van der Waals surface area contributed by atoms with E-state index in [0.29, 0.717) is 23.8 Å². The van der Waals surface area contributed by atoms with Crippen LogP contribution in [-0.4, -0.2) is 31.3 Å². The fraction of sp³-hybridized carbons (Fsp3) is 0.333. The van der Waals surface area contributed by atoms with Crippen LogP contribution in [0.2, 0.25) is 0 Å². The summed E-state index contributed by atoms with van der Waals surface area (Å²) >= 11 is 1.56. The van der Waals surface area contributed by atoms with E-state index in [4.69, 9.17) is 10.5 Å². The number of nitrogens with two attached hydrogens (primary N) is 1. The van der Waals surface area contributed by atoms with Crippen LogP contribution in [-0.2, 0) is 25.7 Å². The Bertz CT molecular complexity index is 1300. The van der Waals surface area contributed by atoms with Crippen LogP contribution in [0.25, 0.3) is 10.2 Å². The van der Waals surface area contributed by atoms with Crippen LogP contribution in [0.15, 0.2) is 30.3 Å². The average Bonchev–Trinajstić information content (AvgIpc) is 3.38. The Balaban J connectivity index is 1.53. The molecule has 33 heavy (non-hydrogen) atoms. The molecule has 0 aliphatic carbocycles. The second kappa shape index (κ2) is 8.18. The fourth-order valence-corrected chi connectivity index (χ4v) is 4.90. The molecular formula is C21H20F3N7OS. The van der Waals surface area contributed by atoms with E-state index in [1.54, 1.807) is 35.6 Å². The van der Waals surface area contributed by atoms with Gasteiger partial charge in [-0.05, 0) is 36.8 Å². The molecule has 12 heteroatoms. The van der Waals surface area contributed by atoms with E-state index in [1.807, 2.05) is 11.0 Å². The van der Waals surface area contributed by atoms with Gasteiger partial charge in [-0.25, -0.2) is 0 Å². The quantitative estimate of drug-likeness (QED) is 0.420. The Morgan fingerprint density at radius 1 is 1.12 bits per heavy atom. The van der Waals surface area contributed by atoms with Gasteiger partial charge in [-0.3, -0.25) is 0 Å². The number of aryl methyl sites for hydroxylation is 1. The summed E-state index contributed by atoms with van der Waals surface area (Å²) in [6.07, 6.45) is -2.66. The van der Waals surface area contributed by atoms with Gasteiger partial charge in [0.05, 0.1) is 11.9 Å². The number of alkyl halides is 3. The van der Waals surface area contributed by atoms with Crippen LogP contribution in [0.5, 0.6) is 11.8 Å². The van der Waals surface area contributed by atoms with Crippen molar-refractivity contribution >= 4 is 33.1 Å². The third kappa shape index (κ3) is 4.17. The number of fused-ring (bicyclic) bond motifs is 2. The van der Waals surface area contributed by atoms with Crippen molar-refractivity contribution in [2.24, 2.45) is 0 Å². The molecule has 0 radical (unpaired) electrons. The SMILES string of the molecule is CCCc1cc2c(N3CCn4c(nnc4C(F)(F)F)C3)nc(Oc3ccc(N)cc3)nc2s1. The van der Waals surface area contributed by atoms with Crippen molar-refractivity contribution in [2.75, 3.05) is 17.2 Å². The topological polar surface area (TPSA) is 95.0 Å². The predicted octanol–water partition coefficient (Wildman–Crippen LogP) is 4.65. The number of rotatable bonds is 5. The monoisotopic (exact) mass is 475 g/mol. The molecule has 0 saturated carbocycles. The molecule has 0 fully saturated rings. The summed E-state index contributed by atoms with van der Waals surface area (Å²) in [7, 11) is 0. The number of halogens is 3. The Morgan fingerprint density at radius 2 is 1.91 bits per heavy atom. The molecule has 172 valence electrons. The van der Waals surface area contributed by atoms with Gasteiger partial charge < -0.3 is 19.9 Å². The second-order valence-electron chi connectivity index (χ2n) is 7.69. The normalized spacial score (nSPS) is 14.0. The smallest absolute Gasteiger partial charge is 0.424 e. The Hall–Kier alpha value is -3.41. The summed E-state index contributed by atoms with van der Waals surface area (Å²) < 4.78 is 46.7. The molecule has 0 atom stereocenters. The van der Waals surface area contributed by atoms with E-state index in [2.05, 4.69) is 27.1 Å². The zero-order chi connectivity index (χ0) is 23.2. The minimum atomic E-state index is -4.54. The number of aromatic nitrogens is 5. The summed E-state index contributed by atoms with van der Waals surface area (Å²) in [5, 5.41) is 7.99. The second-order valence-corrected chi connectivity index (χ2v) is 8.81. The van der Waals surface area contributed by atoms with Crippen molar-refractivity contribution in [3.63, 3.8) is 0 Å². The van der Waals surface area contributed by atoms with Crippen molar-refractivity contribution < 1.29 is 17.9 Å². The number of benzene rings is 1. The number of thiophene rings is 1. The molecule has 1 aromatic carbocycles. The first-order valence-corrected chi connectivity index (χ1v) is 11.2. The van der Waals surface area contributed by atoms with Crippen LogP contribution < -0.4 is 15.4 Å². The largest absolute Gasteiger partial charge is 0.451 e. The maximum absolute atomic E-state index is 13.2. The van der Waals surface area contributed by atoms with Crippen molar-refractivity contribution in [1.82, 2.24) is 24.7 Å². The summed E-state index contributed by atoms with van der Waals surface area (Å²) in [6, 6.07) is 9.09. The van der Waals surface area contributed by atoms with Gasteiger partial charge in [0, 0.05) is 23.7 Å². The highest BCUT2D eigenvalue weighted by molar-refractivity contribution is 7.18. The summed E-state index contributed by atoms with van der Waals surface area (Å²) in [6.45, 7) is 2.67. The first kappa shape index (κ1) is 21.4. The molecular weight excluding hydrogens is 455 g/mol. The van der Waals surface area contributed by atoms with Crippen LogP contribution in [0.3, 0.4) is 0 Å². The van der Waals surface area contributed by atoms with Crippen molar-refractivity contribution in [3.8, 4) is 11.8 Å². The zero-order valence-electron chi connectivity index (χ0n) is 17.6. The number of nitrogen functional groups attached to an aromatic ring is 1. The molecule has 0 unspecified atom stereocenters. The number of anilines is 2. The zero-order valence-corrected chi connectivity index (χ0v) is 18.4. The number of ether oxygens (including phenoxy) is 1. The predicted molar refractivity (Wildman–Crippen MR) is 118 cm³/mol. The van der Waals surface area contributed by atoms with E-state index in [-0.39, 0.29) is 24.9 Å². The molecule has 8 nitrogen and oxygen atoms in total. The molecule has 0 amide bonds. The highest BCUT2D eigenvalue weighted by atomic mass is 32.1. The van der Waals surface area contributed by atoms with Gasteiger partial charge in [0.25, 0.3) is 0 Å². The third-order valence-electron chi connectivity index (χ3n) is 5.30. The minimum Gasteiger partial charge on any atom is -0.424 e. The first-order valence-electron chi connectivity index (χ1n) is 10.4. The molecule has 0 spiro atoms. The summed E-state index contributed by atoms with van der Waals surface area (Å²) in [5.74, 6) is 0.406. The van der Waals surface area contributed by atoms with Crippen LogP contribution in [0, 0.1) is 0 Å². The van der Waals surface area contributed by atoms with E-state index >= 15 is 0 Å². The molecule has 3 aromatic heterocycles. The number of hydrogen-bond donors (Lipinski definition) is 1. The minimum absolute atomic E-state index is 0.1000. The Kier molecular flexibility index (Phi) is 5.31. The molecule has 0 bridgehead atoms. The van der Waals surface area contributed by atoms with E-state index in [9.17, 15) is 13.2 Å². The number of nitrogens with zero attached hydrogens (tertiary/aromatic N) is 6. The van der Waals surface area contributed by atoms with Crippen LogP contribution >= 0.6 is 11.3 Å². The van der Waals surface area contributed by atoms with Gasteiger partial charge in [-0.2, -0.15) is 23.1 Å². The van der Waals surface area contributed by atoms with Crippen LogP contribution in [0.1, 0.15) is 29.9 Å². The van der Waals surface area contributed by atoms with Gasteiger partial charge in [0.1, 0.15) is 16.4 Å². The summed E-state index contributed by atoms with van der Waals surface area (Å²) in [5.41, 5.74) is 6.35. The van der Waals surface area contributed by atoms with Crippen molar-refractivity contribution in [3.05, 3.63) is 46.9 Å². The van der Waals surface area contributed by atoms with Gasteiger partial charge in [-0.15, -0.1) is 21.5 Å². The highest BCUT2D eigenvalue weighted by Gasteiger charge is 2.39. The molecule has 4 heterocycles. The van der Waals surface area contributed by atoms with Crippen LogP contribution in [0.4, 0.5) is 24.7 Å². The van der Waals surface area contributed by atoms with Gasteiger partial charge in [0.15, 0.2) is 5.82 Å².